The molecule has 2 aliphatic carbocycles. The Bertz CT molecular complexity index is 1830. The molecule has 2 aromatic carbocycles. The van der Waals surface area contributed by atoms with E-state index in [0.29, 0.717) is 31.0 Å². The lowest BCUT2D eigenvalue weighted by molar-refractivity contribution is 0.0976. The SMILES string of the molecule is Cc1ccc(-c2noc(=O)[nH]2)c(-c2ccc([C@@H](C)N(CC3CC3)c3nc(C(=O)NS(=O)(=O)C4CC4)c(CC(C)C)s3)cc2)c1. The Balaban J connectivity index is 1.30. The number of nitrogens with one attached hydrogen (secondary N) is 2. The number of anilines is 1. The molecule has 10 nitrogen and oxygen atoms in total. The molecule has 2 heterocycles. The smallest absolute Gasteiger partial charge is 0.341 e. The summed E-state index contributed by atoms with van der Waals surface area (Å²) in [7, 11) is -3.68. The molecule has 44 heavy (non-hydrogen) atoms. The molecule has 2 fully saturated rings. The molecule has 0 spiro atoms. The van der Waals surface area contributed by atoms with E-state index in [2.05, 4.69) is 70.9 Å². The zero-order chi connectivity index (χ0) is 31.2. The minimum absolute atomic E-state index is 0.0438. The Morgan fingerprint density at radius 3 is 2.43 bits per heavy atom. The summed E-state index contributed by atoms with van der Waals surface area (Å²) in [6.07, 6.45) is 4.11. The van der Waals surface area contributed by atoms with Gasteiger partial charge < -0.3 is 4.90 Å². The average molecular weight is 636 g/mol. The molecule has 2 aromatic heterocycles. The van der Waals surface area contributed by atoms with E-state index in [-0.39, 0.29) is 17.7 Å². The van der Waals surface area contributed by atoms with E-state index < -0.39 is 26.9 Å². The summed E-state index contributed by atoms with van der Waals surface area (Å²) >= 11 is 1.48. The van der Waals surface area contributed by atoms with Crippen LogP contribution >= 0.6 is 11.3 Å². The van der Waals surface area contributed by atoms with Crippen molar-refractivity contribution in [2.24, 2.45) is 11.8 Å². The third kappa shape index (κ3) is 6.66. The standard InChI is InChI=1S/C32H37N5O5S2/c1-18(2)15-27-28(30(38)36-44(40,41)24-12-13-24)33-31(43-27)37(17-21-6-7-21)20(4)22-8-10-23(11-9-22)26-16-19(3)5-14-25(26)29-34-32(39)42-35-29/h5,8-11,14,16,18,20-21,24H,6-7,12-13,15,17H2,1-4H3,(H,36,38)(H,34,35,39)/t20-/m1/s1. The summed E-state index contributed by atoms with van der Waals surface area (Å²) in [5.41, 5.74) is 5.05. The quantitative estimate of drug-likeness (QED) is 0.197. The van der Waals surface area contributed by atoms with Gasteiger partial charge in [0.2, 0.25) is 10.0 Å². The van der Waals surface area contributed by atoms with Crippen LogP contribution in [-0.4, -0.2) is 41.2 Å². The van der Waals surface area contributed by atoms with Gasteiger partial charge in [0.05, 0.1) is 11.3 Å². The van der Waals surface area contributed by atoms with Crippen molar-refractivity contribution in [1.29, 1.82) is 0 Å². The summed E-state index contributed by atoms with van der Waals surface area (Å²) in [6.45, 7) is 9.11. The number of hydrogen-bond donors (Lipinski definition) is 2. The van der Waals surface area contributed by atoms with Gasteiger partial charge in [-0.25, -0.2) is 22.9 Å². The van der Waals surface area contributed by atoms with Crippen LogP contribution in [0.1, 0.15) is 79.0 Å². The van der Waals surface area contributed by atoms with Crippen molar-refractivity contribution in [2.45, 2.75) is 71.1 Å². The highest BCUT2D eigenvalue weighted by atomic mass is 32.2. The van der Waals surface area contributed by atoms with Crippen molar-refractivity contribution >= 4 is 32.4 Å². The lowest BCUT2D eigenvalue weighted by atomic mass is 9.95. The van der Waals surface area contributed by atoms with Crippen molar-refractivity contribution in [2.75, 3.05) is 11.4 Å². The van der Waals surface area contributed by atoms with Crippen LogP contribution in [0.15, 0.2) is 51.8 Å². The Morgan fingerprint density at radius 1 is 1.09 bits per heavy atom. The molecule has 0 saturated heterocycles. The molecule has 12 heteroatoms. The minimum atomic E-state index is -3.68. The molecule has 0 unspecified atom stereocenters. The van der Waals surface area contributed by atoms with Gasteiger partial charge in [-0.15, -0.1) is 11.3 Å². The second-order valence-electron chi connectivity index (χ2n) is 12.4. The van der Waals surface area contributed by atoms with Crippen LogP contribution in [-0.2, 0) is 16.4 Å². The maximum absolute atomic E-state index is 13.2. The summed E-state index contributed by atoms with van der Waals surface area (Å²) in [6, 6.07) is 14.2. The highest BCUT2D eigenvalue weighted by Crippen LogP contribution is 2.40. The van der Waals surface area contributed by atoms with E-state index in [1.807, 2.05) is 19.1 Å². The number of carbonyl (C=O) groups is 1. The summed E-state index contributed by atoms with van der Waals surface area (Å²) < 4.78 is 32.2. The number of hydrogen-bond acceptors (Lipinski definition) is 9. The fourth-order valence-electron chi connectivity index (χ4n) is 5.34. The largest absolute Gasteiger partial charge is 0.439 e. The second kappa shape index (κ2) is 12.0. The van der Waals surface area contributed by atoms with Gasteiger partial charge in [-0.1, -0.05) is 67.0 Å². The zero-order valence-electron chi connectivity index (χ0n) is 25.3. The van der Waals surface area contributed by atoms with Crippen molar-refractivity contribution in [1.82, 2.24) is 19.8 Å². The van der Waals surface area contributed by atoms with Gasteiger partial charge in [-0.05, 0) is 74.5 Å². The van der Waals surface area contributed by atoms with Gasteiger partial charge in [0.25, 0.3) is 5.91 Å². The number of benzene rings is 2. The number of thiazole rings is 1. The van der Waals surface area contributed by atoms with Crippen LogP contribution in [0.2, 0.25) is 0 Å². The van der Waals surface area contributed by atoms with Gasteiger partial charge in [0.15, 0.2) is 11.0 Å². The highest BCUT2D eigenvalue weighted by Gasteiger charge is 2.38. The first-order valence-corrected chi connectivity index (χ1v) is 17.4. The Labute approximate surface area is 261 Å². The van der Waals surface area contributed by atoms with Gasteiger partial charge in [0.1, 0.15) is 5.69 Å². The average Bonchev–Trinajstić information content (AvgIpc) is 3.91. The van der Waals surface area contributed by atoms with Gasteiger partial charge in [0, 0.05) is 17.0 Å². The molecule has 6 rings (SSSR count). The fourth-order valence-corrected chi connectivity index (χ4v) is 7.98. The van der Waals surface area contributed by atoms with Crippen LogP contribution in [0.4, 0.5) is 5.13 Å². The Morgan fingerprint density at radius 2 is 1.82 bits per heavy atom. The monoisotopic (exact) mass is 635 g/mol. The first-order valence-electron chi connectivity index (χ1n) is 15.1. The number of nitrogens with zero attached hydrogens (tertiary/aromatic N) is 3. The lowest BCUT2D eigenvalue weighted by Gasteiger charge is -2.29. The summed E-state index contributed by atoms with van der Waals surface area (Å²) in [4.78, 5) is 35.4. The van der Waals surface area contributed by atoms with Gasteiger partial charge in [-0.2, -0.15) is 0 Å². The molecule has 2 saturated carbocycles. The van der Waals surface area contributed by atoms with E-state index in [1.54, 1.807) is 0 Å². The molecule has 0 radical (unpaired) electrons. The molecule has 4 aromatic rings. The predicted molar refractivity (Wildman–Crippen MR) is 171 cm³/mol. The maximum Gasteiger partial charge on any atom is 0.439 e. The summed E-state index contributed by atoms with van der Waals surface area (Å²) in [5, 5.41) is 4.14. The van der Waals surface area contributed by atoms with E-state index in [1.165, 1.54) is 11.3 Å². The molecular formula is C32H37N5O5S2. The normalized spacial score (nSPS) is 15.8. The molecule has 0 aliphatic heterocycles. The zero-order valence-corrected chi connectivity index (χ0v) is 26.9. The van der Waals surface area contributed by atoms with Crippen LogP contribution in [0.5, 0.6) is 0 Å². The topological polar surface area (TPSA) is 138 Å². The van der Waals surface area contributed by atoms with Crippen molar-refractivity contribution in [3.8, 4) is 22.5 Å². The molecule has 0 bridgehead atoms. The van der Waals surface area contributed by atoms with Crippen molar-refractivity contribution < 1.29 is 17.7 Å². The number of aryl methyl sites for hydroxylation is 1. The first kappa shape index (κ1) is 30.3. The number of aromatic amines is 1. The van der Waals surface area contributed by atoms with E-state index in [9.17, 15) is 18.0 Å². The minimum Gasteiger partial charge on any atom is -0.341 e. The predicted octanol–water partition coefficient (Wildman–Crippen LogP) is 5.86. The highest BCUT2D eigenvalue weighted by molar-refractivity contribution is 7.91. The molecule has 232 valence electrons. The maximum atomic E-state index is 13.2. The van der Waals surface area contributed by atoms with Gasteiger partial charge >= 0.3 is 5.76 Å². The number of amides is 1. The molecule has 2 N–H and O–H groups in total. The molecule has 1 atom stereocenters. The molecular weight excluding hydrogens is 599 g/mol. The first-order chi connectivity index (χ1) is 21.0. The number of sulfonamides is 1. The number of H-pyrrole nitrogens is 1. The van der Waals surface area contributed by atoms with E-state index in [4.69, 9.17) is 9.51 Å². The van der Waals surface area contributed by atoms with E-state index in [0.717, 1.165) is 57.2 Å². The number of rotatable bonds is 12. The summed E-state index contributed by atoms with van der Waals surface area (Å²) in [5.74, 6) is -0.0282. The van der Waals surface area contributed by atoms with Crippen LogP contribution in [0, 0.1) is 18.8 Å². The number of aromatic nitrogens is 3. The lowest BCUT2D eigenvalue weighted by Crippen LogP contribution is -2.34. The van der Waals surface area contributed by atoms with E-state index >= 15 is 0 Å². The molecule has 1 amide bonds. The third-order valence-corrected chi connectivity index (χ3v) is 11.1. The van der Waals surface area contributed by atoms with Crippen LogP contribution in [0.25, 0.3) is 22.5 Å². The Kier molecular flexibility index (Phi) is 8.23. The second-order valence-corrected chi connectivity index (χ2v) is 15.5. The number of carbonyl (C=O) groups excluding carboxylic acids is 1. The fraction of sp³-hybridized carbons (Fsp3) is 0.438. The van der Waals surface area contributed by atoms with Crippen LogP contribution < -0.4 is 15.4 Å². The van der Waals surface area contributed by atoms with Crippen LogP contribution in [0.3, 0.4) is 0 Å². The Hall–Kier alpha value is -3.77. The van der Waals surface area contributed by atoms with Crippen molar-refractivity contribution in [3.63, 3.8) is 0 Å². The molecule has 2 aliphatic rings. The third-order valence-electron chi connectivity index (χ3n) is 8.13. The van der Waals surface area contributed by atoms with Gasteiger partial charge in [-0.3, -0.25) is 14.3 Å². The van der Waals surface area contributed by atoms with Crippen molar-refractivity contribution in [3.05, 3.63) is 74.7 Å².